The summed E-state index contributed by atoms with van der Waals surface area (Å²) in [5.41, 5.74) is 1.93. The van der Waals surface area contributed by atoms with Crippen LogP contribution in [0.15, 0.2) is 24.3 Å². The zero-order valence-corrected chi connectivity index (χ0v) is 13.0. The molecule has 0 unspecified atom stereocenters. The second kappa shape index (κ2) is 8.15. The standard InChI is InChI=1S/C17H26N2O2/c1-3-18-14-8-10-15(11-9-14)21-12-17(20)19-16-7-5-4-6-13(16)2/h4-7,14-15,18H,3,8-12H2,1-2H3,(H,19,20). The fourth-order valence-electron chi connectivity index (χ4n) is 2.82. The summed E-state index contributed by atoms with van der Waals surface area (Å²) in [6, 6.07) is 8.40. The third kappa shape index (κ3) is 5.14. The zero-order chi connectivity index (χ0) is 15.1. The molecule has 2 N–H and O–H groups in total. The summed E-state index contributed by atoms with van der Waals surface area (Å²) < 4.78 is 5.74. The van der Waals surface area contributed by atoms with Gasteiger partial charge in [-0.1, -0.05) is 25.1 Å². The van der Waals surface area contributed by atoms with E-state index in [-0.39, 0.29) is 18.6 Å². The third-order valence-electron chi connectivity index (χ3n) is 4.04. The predicted molar refractivity (Wildman–Crippen MR) is 85.5 cm³/mol. The predicted octanol–water partition coefficient (Wildman–Crippen LogP) is 2.87. The molecule has 0 aliphatic heterocycles. The minimum Gasteiger partial charge on any atom is -0.368 e. The number of ether oxygens (including phenoxy) is 1. The Bertz CT molecular complexity index is 454. The van der Waals surface area contributed by atoms with E-state index in [0.29, 0.717) is 6.04 Å². The van der Waals surface area contributed by atoms with Crippen LogP contribution in [0.5, 0.6) is 0 Å². The SMILES string of the molecule is CCNC1CCC(OCC(=O)Nc2ccccc2C)CC1. The molecule has 1 aliphatic rings. The van der Waals surface area contributed by atoms with Crippen LogP contribution in [0.2, 0.25) is 0 Å². The molecule has 0 aromatic heterocycles. The number of hydrogen-bond donors (Lipinski definition) is 2. The van der Waals surface area contributed by atoms with Crippen molar-refractivity contribution in [3.8, 4) is 0 Å². The first kappa shape index (κ1) is 16.0. The van der Waals surface area contributed by atoms with Crippen LogP contribution in [-0.2, 0) is 9.53 Å². The highest BCUT2D eigenvalue weighted by Gasteiger charge is 2.21. The molecule has 1 saturated carbocycles. The van der Waals surface area contributed by atoms with Crippen LogP contribution in [0.4, 0.5) is 5.69 Å². The average molecular weight is 290 g/mol. The van der Waals surface area contributed by atoms with Crippen LogP contribution in [-0.4, -0.2) is 31.2 Å². The van der Waals surface area contributed by atoms with Crippen LogP contribution in [0.3, 0.4) is 0 Å². The van der Waals surface area contributed by atoms with Gasteiger partial charge in [0.25, 0.3) is 0 Å². The molecule has 1 aromatic carbocycles. The van der Waals surface area contributed by atoms with Crippen molar-refractivity contribution in [1.29, 1.82) is 0 Å². The molecular formula is C17H26N2O2. The van der Waals surface area contributed by atoms with Gasteiger partial charge in [0.2, 0.25) is 5.91 Å². The molecule has 0 spiro atoms. The molecule has 1 fully saturated rings. The van der Waals surface area contributed by atoms with E-state index in [0.717, 1.165) is 43.5 Å². The summed E-state index contributed by atoms with van der Waals surface area (Å²) in [5.74, 6) is -0.0712. The number of carbonyl (C=O) groups excluding carboxylic acids is 1. The lowest BCUT2D eigenvalue weighted by molar-refractivity contribution is -0.123. The van der Waals surface area contributed by atoms with Crippen molar-refractivity contribution in [2.24, 2.45) is 0 Å². The zero-order valence-electron chi connectivity index (χ0n) is 13.0. The Morgan fingerprint density at radius 3 is 2.62 bits per heavy atom. The van der Waals surface area contributed by atoms with E-state index in [1.54, 1.807) is 0 Å². The average Bonchev–Trinajstić information content (AvgIpc) is 2.49. The Labute approximate surface area is 127 Å². The van der Waals surface area contributed by atoms with Gasteiger partial charge in [-0.05, 0) is 50.8 Å². The molecule has 4 heteroatoms. The van der Waals surface area contributed by atoms with E-state index in [1.807, 2.05) is 31.2 Å². The normalized spacial score (nSPS) is 22.0. The Kier molecular flexibility index (Phi) is 6.21. The first-order valence-electron chi connectivity index (χ1n) is 7.89. The summed E-state index contributed by atoms with van der Waals surface area (Å²) in [7, 11) is 0. The van der Waals surface area contributed by atoms with Gasteiger partial charge in [0.1, 0.15) is 6.61 Å². The molecule has 0 atom stereocenters. The van der Waals surface area contributed by atoms with E-state index in [9.17, 15) is 4.79 Å². The van der Waals surface area contributed by atoms with Gasteiger partial charge in [-0.2, -0.15) is 0 Å². The molecule has 0 heterocycles. The van der Waals surface area contributed by atoms with Gasteiger partial charge in [-0.25, -0.2) is 0 Å². The number of anilines is 1. The maximum absolute atomic E-state index is 11.9. The van der Waals surface area contributed by atoms with Gasteiger partial charge in [-0.15, -0.1) is 0 Å². The van der Waals surface area contributed by atoms with Crippen LogP contribution in [0.1, 0.15) is 38.2 Å². The lowest BCUT2D eigenvalue weighted by atomic mass is 9.93. The monoisotopic (exact) mass is 290 g/mol. The first-order chi connectivity index (χ1) is 10.2. The molecule has 0 bridgehead atoms. The largest absolute Gasteiger partial charge is 0.368 e. The fourth-order valence-corrected chi connectivity index (χ4v) is 2.82. The van der Waals surface area contributed by atoms with Crippen LogP contribution in [0.25, 0.3) is 0 Å². The second-order valence-corrected chi connectivity index (χ2v) is 5.71. The summed E-state index contributed by atoms with van der Waals surface area (Å²) in [4.78, 5) is 11.9. The van der Waals surface area contributed by atoms with Crippen molar-refractivity contribution >= 4 is 11.6 Å². The fraction of sp³-hybridized carbons (Fsp3) is 0.588. The van der Waals surface area contributed by atoms with Gasteiger partial charge < -0.3 is 15.4 Å². The summed E-state index contributed by atoms with van der Waals surface area (Å²) in [6.07, 6.45) is 4.57. The Hall–Kier alpha value is -1.39. The quantitative estimate of drug-likeness (QED) is 0.847. The van der Waals surface area contributed by atoms with E-state index in [2.05, 4.69) is 17.6 Å². The van der Waals surface area contributed by atoms with Gasteiger partial charge >= 0.3 is 0 Å². The van der Waals surface area contributed by atoms with Crippen molar-refractivity contribution < 1.29 is 9.53 Å². The lowest BCUT2D eigenvalue weighted by Crippen LogP contribution is -2.36. The number of nitrogens with one attached hydrogen (secondary N) is 2. The maximum Gasteiger partial charge on any atom is 0.250 e. The highest BCUT2D eigenvalue weighted by molar-refractivity contribution is 5.92. The number of amides is 1. The van der Waals surface area contributed by atoms with E-state index in [4.69, 9.17) is 4.74 Å². The minimum atomic E-state index is -0.0712. The van der Waals surface area contributed by atoms with Crippen molar-refractivity contribution in [3.63, 3.8) is 0 Å². The van der Waals surface area contributed by atoms with Crippen molar-refractivity contribution in [3.05, 3.63) is 29.8 Å². The Morgan fingerprint density at radius 1 is 1.24 bits per heavy atom. The number of rotatable bonds is 6. The van der Waals surface area contributed by atoms with Gasteiger partial charge in [0, 0.05) is 11.7 Å². The number of aryl methyl sites for hydroxylation is 1. The topological polar surface area (TPSA) is 50.4 Å². The first-order valence-corrected chi connectivity index (χ1v) is 7.89. The molecule has 21 heavy (non-hydrogen) atoms. The minimum absolute atomic E-state index is 0.0712. The third-order valence-corrected chi connectivity index (χ3v) is 4.04. The van der Waals surface area contributed by atoms with Crippen molar-refractivity contribution in [2.75, 3.05) is 18.5 Å². The second-order valence-electron chi connectivity index (χ2n) is 5.71. The molecule has 1 aromatic rings. The van der Waals surface area contributed by atoms with Crippen LogP contribution in [0, 0.1) is 6.92 Å². The van der Waals surface area contributed by atoms with Crippen molar-refractivity contribution in [2.45, 2.75) is 51.7 Å². The molecule has 1 aliphatic carbocycles. The number of hydrogen-bond acceptors (Lipinski definition) is 3. The maximum atomic E-state index is 11.9. The number of carbonyl (C=O) groups is 1. The molecule has 0 saturated heterocycles. The smallest absolute Gasteiger partial charge is 0.250 e. The Morgan fingerprint density at radius 2 is 1.95 bits per heavy atom. The van der Waals surface area contributed by atoms with E-state index < -0.39 is 0 Å². The van der Waals surface area contributed by atoms with Crippen LogP contribution >= 0.6 is 0 Å². The molecule has 4 nitrogen and oxygen atoms in total. The van der Waals surface area contributed by atoms with E-state index in [1.165, 1.54) is 0 Å². The molecule has 1 amide bonds. The summed E-state index contributed by atoms with van der Waals surface area (Å²) >= 11 is 0. The Balaban J connectivity index is 1.69. The molecule has 116 valence electrons. The van der Waals surface area contributed by atoms with Crippen LogP contribution < -0.4 is 10.6 Å². The van der Waals surface area contributed by atoms with Gasteiger partial charge in [0.15, 0.2) is 0 Å². The number of benzene rings is 1. The summed E-state index contributed by atoms with van der Waals surface area (Å²) in [5, 5.41) is 6.38. The molecule has 2 rings (SSSR count). The lowest BCUT2D eigenvalue weighted by Gasteiger charge is -2.28. The highest BCUT2D eigenvalue weighted by Crippen LogP contribution is 2.21. The van der Waals surface area contributed by atoms with Gasteiger partial charge in [-0.3, -0.25) is 4.79 Å². The molecular weight excluding hydrogens is 264 g/mol. The van der Waals surface area contributed by atoms with Gasteiger partial charge in [0.05, 0.1) is 6.10 Å². The van der Waals surface area contributed by atoms with Crippen molar-refractivity contribution in [1.82, 2.24) is 5.32 Å². The highest BCUT2D eigenvalue weighted by atomic mass is 16.5. The number of para-hydroxylation sites is 1. The summed E-state index contributed by atoms with van der Waals surface area (Å²) in [6.45, 7) is 5.29. The molecule has 0 radical (unpaired) electrons. The van der Waals surface area contributed by atoms with E-state index >= 15 is 0 Å².